The molecular formula is C27H40N6O2. The number of hydrogen-bond donors (Lipinski definition) is 2. The van der Waals surface area contributed by atoms with E-state index in [0.29, 0.717) is 17.4 Å². The molecule has 8 nitrogen and oxygen atoms in total. The Kier molecular flexibility index (Phi) is 11.0. The fourth-order valence-electron chi connectivity index (χ4n) is 3.38. The molecule has 0 fully saturated rings. The Morgan fingerprint density at radius 2 is 1.57 bits per heavy atom. The number of aromatic nitrogens is 3. The number of rotatable bonds is 9. The molecule has 0 amide bonds. The van der Waals surface area contributed by atoms with Crippen LogP contribution in [-0.2, 0) is 0 Å². The van der Waals surface area contributed by atoms with Gasteiger partial charge in [0.2, 0.25) is 5.95 Å². The fraction of sp³-hybridized carbons (Fsp3) is 0.333. The van der Waals surface area contributed by atoms with Gasteiger partial charge < -0.3 is 25.0 Å². The second kappa shape index (κ2) is 13.2. The van der Waals surface area contributed by atoms with Gasteiger partial charge in [0, 0.05) is 48.5 Å². The Labute approximate surface area is 209 Å². The van der Waals surface area contributed by atoms with Gasteiger partial charge >= 0.3 is 0 Å². The number of benzene rings is 2. The lowest BCUT2D eigenvalue weighted by atomic mass is 10.1. The van der Waals surface area contributed by atoms with Crippen LogP contribution < -0.4 is 20.1 Å². The third kappa shape index (κ3) is 6.86. The molecule has 0 spiro atoms. The van der Waals surface area contributed by atoms with E-state index in [4.69, 9.17) is 14.5 Å². The monoisotopic (exact) mass is 480 g/mol. The van der Waals surface area contributed by atoms with Gasteiger partial charge in [-0.05, 0) is 56.6 Å². The van der Waals surface area contributed by atoms with E-state index >= 15 is 0 Å². The highest BCUT2D eigenvalue weighted by Crippen LogP contribution is 2.32. The Balaban J connectivity index is 0.00000204. The zero-order valence-corrected chi connectivity index (χ0v) is 18.8. The van der Waals surface area contributed by atoms with Crippen LogP contribution in [0.3, 0.4) is 0 Å². The van der Waals surface area contributed by atoms with Crippen LogP contribution in [0.15, 0.2) is 60.9 Å². The van der Waals surface area contributed by atoms with Crippen LogP contribution in [0.4, 0.5) is 17.3 Å². The first-order valence-corrected chi connectivity index (χ1v) is 10.4. The van der Waals surface area contributed by atoms with Crippen molar-refractivity contribution < 1.29 is 9.47 Å². The van der Waals surface area contributed by atoms with Crippen LogP contribution in [0.5, 0.6) is 11.5 Å². The first-order chi connectivity index (χ1) is 15.6. The number of methoxy groups -OCH3 is 2. The first-order valence-electron chi connectivity index (χ1n) is 10.4. The zero-order chi connectivity index (χ0) is 22.5. The van der Waals surface area contributed by atoms with Crippen molar-refractivity contribution in [1.29, 1.82) is 0 Å². The molecule has 2 heterocycles. The summed E-state index contributed by atoms with van der Waals surface area (Å²) in [6.45, 7) is 1.87. The lowest BCUT2D eigenvalue weighted by Gasteiger charge is -2.14. The lowest BCUT2D eigenvalue weighted by molar-refractivity contribution is 0.355. The molecule has 0 saturated heterocycles. The van der Waals surface area contributed by atoms with Crippen molar-refractivity contribution in [1.82, 2.24) is 19.3 Å². The van der Waals surface area contributed by atoms with Crippen LogP contribution in [0.2, 0.25) is 0 Å². The molecule has 0 aliphatic heterocycles. The van der Waals surface area contributed by atoms with Crippen molar-refractivity contribution in [2.75, 3.05) is 52.0 Å². The highest BCUT2D eigenvalue weighted by molar-refractivity contribution is 5.70. The van der Waals surface area contributed by atoms with Crippen LogP contribution in [0.25, 0.3) is 16.9 Å². The maximum atomic E-state index is 5.45. The Bertz CT molecular complexity index is 1190. The number of hydrogen-bond acceptors (Lipinski definition) is 7. The second-order valence-corrected chi connectivity index (χ2v) is 7.62. The predicted octanol–water partition coefficient (Wildman–Crippen LogP) is 6.04. The van der Waals surface area contributed by atoms with Crippen LogP contribution in [0.1, 0.15) is 22.3 Å². The van der Waals surface area contributed by atoms with Gasteiger partial charge in [-0.1, -0.05) is 22.3 Å². The van der Waals surface area contributed by atoms with Crippen molar-refractivity contribution in [3.05, 3.63) is 60.9 Å². The molecule has 0 aliphatic carbocycles. The topological polar surface area (TPSA) is 76.0 Å². The van der Waals surface area contributed by atoms with Gasteiger partial charge in [0.25, 0.3) is 0 Å². The Morgan fingerprint density at radius 1 is 0.886 bits per heavy atom. The molecule has 2 aromatic carbocycles. The van der Waals surface area contributed by atoms with E-state index in [1.54, 1.807) is 20.4 Å². The molecule has 4 rings (SSSR count). The third-order valence-corrected chi connectivity index (χ3v) is 5.10. The minimum absolute atomic E-state index is 0. The van der Waals surface area contributed by atoms with E-state index in [0.717, 1.165) is 41.4 Å². The largest absolute Gasteiger partial charge is 0.493 e. The summed E-state index contributed by atoms with van der Waals surface area (Å²) >= 11 is 0. The maximum absolute atomic E-state index is 5.45. The molecule has 0 atom stereocenters. The van der Waals surface area contributed by atoms with Gasteiger partial charge in [0.15, 0.2) is 11.5 Å². The summed E-state index contributed by atoms with van der Waals surface area (Å²) in [5, 5.41) is 6.84. The molecule has 8 heteroatoms. The van der Waals surface area contributed by atoms with Gasteiger partial charge in [-0.25, -0.2) is 9.97 Å². The van der Waals surface area contributed by atoms with Crippen molar-refractivity contribution in [3.8, 4) is 22.8 Å². The number of likely N-dealkylation sites (N-methyl/N-ethyl adjacent to an activating group) is 1. The average molecular weight is 481 g/mol. The van der Waals surface area contributed by atoms with Crippen LogP contribution in [0, 0.1) is 0 Å². The summed E-state index contributed by atoms with van der Waals surface area (Å²) in [6, 6.07) is 15.9. The minimum atomic E-state index is 0. The van der Waals surface area contributed by atoms with E-state index < -0.39 is 0 Å². The van der Waals surface area contributed by atoms with Gasteiger partial charge in [-0.3, -0.25) is 4.40 Å². The summed E-state index contributed by atoms with van der Waals surface area (Å²) < 4.78 is 12.7. The molecule has 0 unspecified atom stereocenters. The quantitative estimate of drug-likeness (QED) is 0.302. The number of fused-ring (bicyclic) bond motifs is 1. The summed E-state index contributed by atoms with van der Waals surface area (Å²) in [6.07, 6.45) is 3.65. The molecule has 2 aromatic heterocycles. The summed E-state index contributed by atoms with van der Waals surface area (Å²) in [5.41, 5.74) is 4.52. The van der Waals surface area contributed by atoms with Crippen LogP contribution >= 0.6 is 0 Å². The van der Waals surface area contributed by atoms with Gasteiger partial charge in [-0.2, -0.15) is 0 Å². The Morgan fingerprint density at radius 3 is 2.23 bits per heavy atom. The zero-order valence-electron chi connectivity index (χ0n) is 18.8. The second-order valence-electron chi connectivity index (χ2n) is 7.62. The highest BCUT2D eigenvalue weighted by atomic mass is 16.5. The van der Waals surface area contributed by atoms with Crippen LogP contribution in [-0.4, -0.2) is 60.7 Å². The predicted molar refractivity (Wildman–Crippen MR) is 148 cm³/mol. The van der Waals surface area contributed by atoms with E-state index in [1.165, 1.54) is 0 Å². The number of anilines is 3. The lowest BCUT2D eigenvalue weighted by Crippen LogP contribution is -2.20. The van der Waals surface area contributed by atoms with Crippen molar-refractivity contribution >= 4 is 23.0 Å². The van der Waals surface area contributed by atoms with Gasteiger partial charge in [0.05, 0.1) is 19.9 Å². The number of ether oxygens (including phenoxy) is 2. The summed E-state index contributed by atoms with van der Waals surface area (Å²) in [4.78, 5) is 11.5. The molecule has 4 aromatic rings. The summed E-state index contributed by atoms with van der Waals surface area (Å²) in [7, 11) is 7.37. The van der Waals surface area contributed by atoms with Crippen molar-refractivity contribution in [2.45, 2.75) is 22.3 Å². The highest BCUT2D eigenvalue weighted by Gasteiger charge is 2.12. The number of nitrogens with zero attached hydrogens (tertiary/aromatic N) is 4. The minimum Gasteiger partial charge on any atom is -0.493 e. The van der Waals surface area contributed by atoms with Gasteiger partial charge in [-0.15, -0.1) is 0 Å². The first kappa shape index (κ1) is 29.3. The van der Waals surface area contributed by atoms with E-state index in [-0.39, 0.29) is 22.3 Å². The fourth-order valence-corrected chi connectivity index (χ4v) is 3.38. The van der Waals surface area contributed by atoms with Crippen molar-refractivity contribution in [3.63, 3.8) is 0 Å². The van der Waals surface area contributed by atoms with E-state index in [1.807, 2.05) is 47.0 Å². The van der Waals surface area contributed by atoms with E-state index in [9.17, 15) is 0 Å². The smallest absolute Gasteiger partial charge is 0.213 e. The molecule has 2 N–H and O–H groups in total. The normalized spacial score (nSPS) is 10.1. The van der Waals surface area contributed by atoms with Gasteiger partial charge in [0.1, 0.15) is 5.65 Å². The number of nitrogens with one attached hydrogen (secondary N) is 2. The third-order valence-electron chi connectivity index (χ3n) is 5.10. The standard InChI is InChI=1S/C24H28N6O2.3CH4/c1-29(2)13-11-25-18-6-8-19(9-7-18)27-24-28-20(16-23-26-12-14-30(23)24)17-5-10-21(31-3)22(15-17)32-4;;;/h5-10,12,14-16,25H,11,13H2,1-4H3,(H,27,28);3*1H4. The molecule has 190 valence electrons. The molecular weight excluding hydrogens is 440 g/mol. The molecule has 0 bridgehead atoms. The molecule has 0 saturated carbocycles. The van der Waals surface area contributed by atoms with Crippen molar-refractivity contribution in [2.24, 2.45) is 0 Å². The SMILES string of the molecule is C.C.C.COc1ccc(-c2cc3nccn3c(Nc3ccc(NCCN(C)C)cc3)n2)cc1OC. The maximum Gasteiger partial charge on any atom is 0.213 e. The Hall–Kier alpha value is -3.78. The average Bonchev–Trinajstić information content (AvgIpc) is 3.28. The molecule has 0 radical (unpaired) electrons. The number of imidazole rings is 1. The summed E-state index contributed by atoms with van der Waals surface area (Å²) in [5.74, 6) is 2.01. The molecule has 35 heavy (non-hydrogen) atoms. The van der Waals surface area contributed by atoms with E-state index in [2.05, 4.69) is 46.7 Å². The molecule has 0 aliphatic rings.